The molecule has 2 aliphatic heterocycles. The number of carbonyl (C=O) groups excluding carboxylic acids is 1. The molecule has 0 aromatic carbocycles. The highest BCUT2D eigenvalue weighted by Gasteiger charge is 2.30. The number of nitrogens with zero attached hydrogens (tertiary/aromatic N) is 2. The molecule has 98 valence electrons. The average Bonchev–Trinajstić information content (AvgIpc) is 2.38. The molecule has 2 saturated heterocycles. The fraction of sp³-hybridized carbons (Fsp3) is 0.923. The summed E-state index contributed by atoms with van der Waals surface area (Å²) in [4.78, 5) is 16.6. The van der Waals surface area contributed by atoms with E-state index in [1.165, 1.54) is 0 Å². The van der Waals surface area contributed by atoms with Gasteiger partial charge in [-0.3, -0.25) is 4.79 Å². The van der Waals surface area contributed by atoms with E-state index in [0.717, 1.165) is 51.9 Å². The van der Waals surface area contributed by atoms with Crippen molar-refractivity contribution >= 4 is 5.91 Å². The van der Waals surface area contributed by atoms with Crippen molar-refractivity contribution in [1.82, 2.24) is 9.80 Å². The maximum absolute atomic E-state index is 12.4. The first-order valence-electron chi connectivity index (χ1n) is 6.79. The number of rotatable bonds is 2. The molecule has 0 spiro atoms. The van der Waals surface area contributed by atoms with Crippen molar-refractivity contribution in [2.75, 3.05) is 39.8 Å². The van der Waals surface area contributed by atoms with Gasteiger partial charge in [0.2, 0.25) is 5.91 Å². The van der Waals surface area contributed by atoms with Gasteiger partial charge >= 0.3 is 0 Å². The molecule has 4 heteroatoms. The van der Waals surface area contributed by atoms with E-state index in [1.54, 1.807) is 0 Å². The summed E-state index contributed by atoms with van der Waals surface area (Å²) in [6, 6.07) is 0. The summed E-state index contributed by atoms with van der Waals surface area (Å²) < 4.78 is 0. The van der Waals surface area contributed by atoms with Crippen LogP contribution < -0.4 is 0 Å². The SMILES string of the molecule is CN1CCC[C@@H](C(=O)N2CCC[C@H](CO)C2)C1. The van der Waals surface area contributed by atoms with Crippen molar-refractivity contribution < 1.29 is 9.90 Å². The highest BCUT2D eigenvalue weighted by Crippen LogP contribution is 2.22. The average molecular weight is 240 g/mol. The minimum absolute atomic E-state index is 0.186. The topological polar surface area (TPSA) is 43.8 Å². The maximum atomic E-state index is 12.4. The third-order valence-corrected chi connectivity index (χ3v) is 4.06. The zero-order valence-electron chi connectivity index (χ0n) is 10.8. The molecule has 0 bridgehead atoms. The third-order valence-electron chi connectivity index (χ3n) is 4.06. The maximum Gasteiger partial charge on any atom is 0.226 e. The van der Waals surface area contributed by atoms with Gasteiger partial charge in [-0.1, -0.05) is 0 Å². The van der Waals surface area contributed by atoms with Crippen molar-refractivity contribution in [3.63, 3.8) is 0 Å². The summed E-state index contributed by atoms with van der Waals surface area (Å²) in [7, 11) is 2.09. The van der Waals surface area contributed by atoms with Crippen LogP contribution in [0.5, 0.6) is 0 Å². The molecule has 0 unspecified atom stereocenters. The molecule has 2 fully saturated rings. The molecule has 2 rings (SSSR count). The second-order valence-corrected chi connectivity index (χ2v) is 5.58. The molecule has 17 heavy (non-hydrogen) atoms. The Labute approximate surface area is 104 Å². The lowest BCUT2D eigenvalue weighted by molar-refractivity contribution is -0.139. The minimum atomic E-state index is 0.186. The minimum Gasteiger partial charge on any atom is -0.396 e. The quantitative estimate of drug-likeness (QED) is 0.767. The van der Waals surface area contributed by atoms with Gasteiger partial charge in [0.15, 0.2) is 0 Å². The van der Waals surface area contributed by atoms with E-state index in [1.807, 2.05) is 4.90 Å². The summed E-state index contributed by atoms with van der Waals surface area (Å²) in [5.41, 5.74) is 0. The first kappa shape index (κ1) is 12.8. The second-order valence-electron chi connectivity index (χ2n) is 5.58. The van der Waals surface area contributed by atoms with Gasteiger partial charge in [-0.25, -0.2) is 0 Å². The molecule has 2 aliphatic rings. The van der Waals surface area contributed by atoms with E-state index in [2.05, 4.69) is 11.9 Å². The first-order chi connectivity index (χ1) is 8.20. The largest absolute Gasteiger partial charge is 0.396 e. The fourth-order valence-electron chi connectivity index (χ4n) is 3.04. The molecule has 0 radical (unpaired) electrons. The molecule has 2 atom stereocenters. The van der Waals surface area contributed by atoms with Gasteiger partial charge in [-0.15, -0.1) is 0 Å². The van der Waals surface area contributed by atoms with Crippen molar-refractivity contribution in [2.45, 2.75) is 25.7 Å². The van der Waals surface area contributed by atoms with E-state index < -0.39 is 0 Å². The Bertz CT molecular complexity index is 270. The van der Waals surface area contributed by atoms with Crippen LogP contribution in [-0.4, -0.2) is 60.6 Å². The Morgan fingerprint density at radius 1 is 1.24 bits per heavy atom. The van der Waals surface area contributed by atoms with Crippen LogP contribution in [0.25, 0.3) is 0 Å². The predicted molar refractivity (Wildman–Crippen MR) is 66.6 cm³/mol. The van der Waals surface area contributed by atoms with Gasteiger partial charge < -0.3 is 14.9 Å². The lowest BCUT2D eigenvalue weighted by Gasteiger charge is -2.37. The van der Waals surface area contributed by atoms with Crippen LogP contribution in [0.4, 0.5) is 0 Å². The standard InChI is InChI=1S/C13H24N2O2/c1-14-6-3-5-12(9-14)13(17)15-7-2-4-11(8-15)10-16/h11-12,16H,2-10H2,1H3/t11-,12+/m0/s1. The summed E-state index contributed by atoms with van der Waals surface area (Å²) >= 11 is 0. The zero-order chi connectivity index (χ0) is 12.3. The number of carbonyl (C=O) groups is 1. The van der Waals surface area contributed by atoms with E-state index in [-0.39, 0.29) is 12.5 Å². The van der Waals surface area contributed by atoms with Gasteiger partial charge in [-0.05, 0) is 45.2 Å². The lowest BCUT2D eigenvalue weighted by atomic mass is 9.93. The lowest BCUT2D eigenvalue weighted by Crippen LogP contribution is -2.47. The van der Waals surface area contributed by atoms with E-state index in [0.29, 0.717) is 11.8 Å². The molecule has 0 saturated carbocycles. The van der Waals surface area contributed by atoms with E-state index in [9.17, 15) is 9.90 Å². The number of aliphatic hydroxyl groups is 1. The normalized spacial score (nSPS) is 31.5. The van der Waals surface area contributed by atoms with E-state index >= 15 is 0 Å². The monoisotopic (exact) mass is 240 g/mol. The van der Waals surface area contributed by atoms with Gasteiger partial charge in [0.05, 0.1) is 5.92 Å². The molecule has 2 heterocycles. The van der Waals surface area contributed by atoms with Crippen LogP contribution in [0, 0.1) is 11.8 Å². The predicted octanol–water partition coefficient (Wildman–Crippen LogP) is 0.559. The summed E-state index contributed by atoms with van der Waals surface area (Å²) in [5.74, 6) is 0.801. The zero-order valence-corrected chi connectivity index (χ0v) is 10.8. The first-order valence-corrected chi connectivity index (χ1v) is 6.79. The van der Waals surface area contributed by atoms with Crippen LogP contribution >= 0.6 is 0 Å². The molecule has 0 aromatic heterocycles. The van der Waals surface area contributed by atoms with Crippen LogP contribution in [0.1, 0.15) is 25.7 Å². The van der Waals surface area contributed by atoms with Gasteiger partial charge in [0.1, 0.15) is 0 Å². The Balaban J connectivity index is 1.89. The Hall–Kier alpha value is -0.610. The number of likely N-dealkylation sites (tertiary alicyclic amines) is 2. The third kappa shape index (κ3) is 3.19. The van der Waals surface area contributed by atoms with Gasteiger partial charge in [0, 0.05) is 26.2 Å². The highest BCUT2D eigenvalue weighted by molar-refractivity contribution is 5.79. The van der Waals surface area contributed by atoms with Crippen LogP contribution in [0.3, 0.4) is 0 Å². The number of hydrogen-bond acceptors (Lipinski definition) is 3. The van der Waals surface area contributed by atoms with Crippen LogP contribution in [-0.2, 0) is 4.79 Å². The summed E-state index contributed by atoms with van der Waals surface area (Å²) in [6.07, 6.45) is 4.26. The van der Waals surface area contributed by atoms with Crippen molar-refractivity contribution in [3.05, 3.63) is 0 Å². The molecule has 1 amide bonds. The van der Waals surface area contributed by atoms with Crippen molar-refractivity contribution in [1.29, 1.82) is 0 Å². The molecule has 0 aliphatic carbocycles. The number of hydrogen-bond donors (Lipinski definition) is 1. The van der Waals surface area contributed by atoms with Crippen LogP contribution in [0.2, 0.25) is 0 Å². The number of amides is 1. The number of aliphatic hydroxyl groups excluding tert-OH is 1. The second kappa shape index (κ2) is 5.83. The Morgan fingerprint density at radius 2 is 2.00 bits per heavy atom. The highest BCUT2D eigenvalue weighted by atomic mass is 16.3. The fourth-order valence-corrected chi connectivity index (χ4v) is 3.04. The van der Waals surface area contributed by atoms with E-state index in [4.69, 9.17) is 0 Å². The van der Waals surface area contributed by atoms with Crippen molar-refractivity contribution in [2.24, 2.45) is 11.8 Å². The Morgan fingerprint density at radius 3 is 2.71 bits per heavy atom. The smallest absolute Gasteiger partial charge is 0.226 e. The van der Waals surface area contributed by atoms with Gasteiger partial charge in [-0.2, -0.15) is 0 Å². The van der Waals surface area contributed by atoms with Crippen molar-refractivity contribution in [3.8, 4) is 0 Å². The van der Waals surface area contributed by atoms with Gasteiger partial charge in [0.25, 0.3) is 0 Å². The molecule has 1 N–H and O–H groups in total. The number of piperidine rings is 2. The van der Waals surface area contributed by atoms with Crippen LogP contribution in [0.15, 0.2) is 0 Å². The molecule has 0 aromatic rings. The summed E-state index contributed by atoms with van der Waals surface area (Å²) in [5, 5.41) is 9.20. The summed E-state index contributed by atoms with van der Waals surface area (Å²) in [6.45, 7) is 3.88. The molecular formula is C13H24N2O2. The Kier molecular flexibility index (Phi) is 4.40. The molecule has 4 nitrogen and oxygen atoms in total. The molecular weight excluding hydrogens is 216 g/mol.